The molecule has 1 fully saturated rings. The van der Waals surface area contributed by atoms with Crippen LogP contribution in [0.4, 0.5) is 0 Å². The summed E-state index contributed by atoms with van der Waals surface area (Å²) in [5, 5.41) is 3.89. The highest BCUT2D eigenvalue weighted by Gasteiger charge is 2.37. The maximum absolute atomic E-state index is 13.2. The predicted octanol–water partition coefficient (Wildman–Crippen LogP) is 3.37. The lowest BCUT2D eigenvalue weighted by Crippen LogP contribution is -2.48. The number of rotatable bonds is 4. The zero-order chi connectivity index (χ0) is 20.4. The van der Waals surface area contributed by atoms with Crippen LogP contribution in [-0.4, -0.2) is 50.1 Å². The summed E-state index contributed by atoms with van der Waals surface area (Å²) in [6.07, 6.45) is 1.68. The molecule has 0 aromatic heterocycles. The molecule has 0 bridgehead atoms. The van der Waals surface area contributed by atoms with Crippen LogP contribution in [0.25, 0.3) is 0 Å². The van der Waals surface area contributed by atoms with E-state index in [1.165, 1.54) is 5.56 Å². The van der Waals surface area contributed by atoms with Crippen molar-refractivity contribution in [2.75, 3.05) is 33.4 Å². The smallest absolute Gasteiger partial charge is 0.253 e. The third-order valence-electron chi connectivity index (χ3n) is 6.19. The van der Waals surface area contributed by atoms with E-state index in [4.69, 9.17) is 16.3 Å². The van der Waals surface area contributed by atoms with Crippen LogP contribution in [0.2, 0.25) is 5.02 Å². The third-order valence-corrected chi connectivity index (χ3v) is 6.45. The number of fused-ring (bicyclic) bond motifs is 1. The Bertz CT molecular complexity index is 907. The number of nitrogens with zero attached hydrogens (tertiary/aromatic N) is 1. The molecule has 0 spiro atoms. The summed E-state index contributed by atoms with van der Waals surface area (Å²) in [5.41, 5.74) is 2.41. The minimum absolute atomic E-state index is 0.0355. The van der Waals surface area contributed by atoms with E-state index in [1.807, 2.05) is 42.5 Å². The van der Waals surface area contributed by atoms with Gasteiger partial charge in [-0.3, -0.25) is 9.59 Å². The Balaban J connectivity index is 1.55. The SMILES string of the molecule is CN1CC(C(=O)NCC2(c3ccc(Cl)cc3)CCOCC2)c2ccccc2C1=O. The van der Waals surface area contributed by atoms with Gasteiger partial charge in [0.1, 0.15) is 0 Å². The Morgan fingerprint density at radius 2 is 1.86 bits per heavy atom. The molecule has 1 unspecified atom stereocenters. The lowest BCUT2D eigenvalue weighted by Gasteiger charge is -2.39. The van der Waals surface area contributed by atoms with Gasteiger partial charge >= 0.3 is 0 Å². The predicted molar refractivity (Wildman–Crippen MR) is 112 cm³/mol. The first-order valence-corrected chi connectivity index (χ1v) is 10.3. The first kappa shape index (κ1) is 19.9. The molecule has 1 N–H and O–H groups in total. The molecule has 2 aromatic carbocycles. The molecule has 152 valence electrons. The van der Waals surface area contributed by atoms with E-state index in [0.29, 0.717) is 36.9 Å². The van der Waals surface area contributed by atoms with Gasteiger partial charge in [0.05, 0.1) is 5.92 Å². The van der Waals surface area contributed by atoms with Gasteiger partial charge in [0, 0.05) is 49.4 Å². The second kappa shape index (κ2) is 8.17. The van der Waals surface area contributed by atoms with Crippen LogP contribution in [0.3, 0.4) is 0 Å². The first-order valence-electron chi connectivity index (χ1n) is 9.96. The molecule has 6 heteroatoms. The van der Waals surface area contributed by atoms with Crippen molar-refractivity contribution in [2.45, 2.75) is 24.2 Å². The van der Waals surface area contributed by atoms with Gasteiger partial charge < -0.3 is 15.0 Å². The second-order valence-corrected chi connectivity index (χ2v) is 8.38. The summed E-state index contributed by atoms with van der Waals surface area (Å²) in [7, 11) is 1.74. The molecule has 0 aliphatic carbocycles. The Morgan fingerprint density at radius 3 is 2.59 bits per heavy atom. The summed E-state index contributed by atoms with van der Waals surface area (Å²) < 4.78 is 5.58. The fraction of sp³-hybridized carbons (Fsp3) is 0.391. The van der Waals surface area contributed by atoms with Crippen LogP contribution in [0.5, 0.6) is 0 Å². The Kier molecular flexibility index (Phi) is 5.61. The number of nitrogens with one attached hydrogen (secondary N) is 1. The summed E-state index contributed by atoms with van der Waals surface area (Å²) in [6, 6.07) is 15.3. The molecule has 1 saturated heterocycles. The number of benzene rings is 2. The van der Waals surface area contributed by atoms with Crippen molar-refractivity contribution < 1.29 is 14.3 Å². The van der Waals surface area contributed by atoms with E-state index >= 15 is 0 Å². The quantitative estimate of drug-likeness (QED) is 0.837. The minimum atomic E-state index is -0.365. The standard InChI is InChI=1S/C23H25ClN2O3/c1-26-14-20(18-4-2-3-5-19(18)22(26)28)21(27)25-15-23(10-12-29-13-11-23)16-6-8-17(24)9-7-16/h2-9,20H,10-15H2,1H3,(H,25,27). The summed E-state index contributed by atoms with van der Waals surface area (Å²) in [6.45, 7) is 2.26. The Morgan fingerprint density at radius 1 is 1.17 bits per heavy atom. The monoisotopic (exact) mass is 412 g/mol. The molecule has 29 heavy (non-hydrogen) atoms. The molecule has 2 aromatic rings. The van der Waals surface area contributed by atoms with E-state index in [0.717, 1.165) is 18.4 Å². The highest BCUT2D eigenvalue weighted by molar-refractivity contribution is 6.30. The molecule has 2 amide bonds. The van der Waals surface area contributed by atoms with Crippen molar-refractivity contribution in [2.24, 2.45) is 0 Å². The number of hydrogen-bond donors (Lipinski definition) is 1. The summed E-state index contributed by atoms with van der Waals surface area (Å²) in [5.74, 6) is -0.445. The lowest BCUT2D eigenvalue weighted by molar-refractivity contribution is -0.123. The van der Waals surface area contributed by atoms with Crippen LogP contribution < -0.4 is 5.32 Å². The van der Waals surface area contributed by atoms with Crippen molar-refractivity contribution in [3.63, 3.8) is 0 Å². The van der Waals surface area contributed by atoms with Gasteiger partial charge in [-0.05, 0) is 42.2 Å². The lowest BCUT2D eigenvalue weighted by atomic mass is 9.74. The fourth-order valence-electron chi connectivity index (χ4n) is 4.39. The molecule has 0 radical (unpaired) electrons. The highest BCUT2D eigenvalue weighted by Crippen LogP contribution is 2.35. The van der Waals surface area contributed by atoms with Crippen molar-refractivity contribution in [3.8, 4) is 0 Å². The number of likely N-dealkylation sites (N-methyl/N-ethyl adjacent to an activating group) is 1. The summed E-state index contributed by atoms with van der Waals surface area (Å²) >= 11 is 6.07. The molecular weight excluding hydrogens is 388 g/mol. The third kappa shape index (κ3) is 3.89. The van der Waals surface area contributed by atoms with E-state index in [-0.39, 0.29) is 23.1 Å². The molecular formula is C23H25ClN2O3. The molecule has 5 nitrogen and oxygen atoms in total. The van der Waals surface area contributed by atoms with Gasteiger partial charge in [-0.15, -0.1) is 0 Å². The van der Waals surface area contributed by atoms with Crippen LogP contribution >= 0.6 is 11.6 Å². The molecule has 4 rings (SSSR count). The van der Waals surface area contributed by atoms with Crippen LogP contribution in [0.15, 0.2) is 48.5 Å². The highest BCUT2D eigenvalue weighted by atomic mass is 35.5. The molecule has 1 atom stereocenters. The van der Waals surface area contributed by atoms with Crippen molar-refractivity contribution >= 4 is 23.4 Å². The minimum Gasteiger partial charge on any atom is -0.381 e. The summed E-state index contributed by atoms with van der Waals surface area (Å²) in [4.78, 5) is 27.2. The Labute approximate surface area is 176 Å². The zero-order valence-corrected chi connectivity index (χ0v) is 17.2. The van der Waals surface area contributed by atoms with Gasteiger partial charge in [0.25, 0.3) is 5.91 Å². The average Bonchev–Trinajstić information content (AvgIpc) is 2.76. The van der Waals surface area contributed by atoms with Gasteiger partial charge in [0.2, 0.25) is 5.91 Å². The van der Waals surface area contributed by atoms with Crippen LogP contribution in [0, 0.1) is 0 Å². The van der Waals surface area contributed by atoms with Crippen LogP contribution in [0.1, 0.15) is 40.2 Å². The Hall–Kier alpha value is -2.37. The number of halogens is 1. The van der Waals surface area contributed by atoms with Crippen molar-refractivity contribution in [1.29, 1.82) is 0 Å². The molecule has 2 aliphatic heterocycles. The number of ether oxygens (including phenoxy) is 1. The van der Waals surface area contributed by atoms with Crippen molar-refractivity contribution in [3.05, 3.63) is 70.2 Å². The molecule has 0 saturated carbocycles. The average molecular weight is 413 g/mol. The van der Waals surface area contributed by atoms with Gasteiger partial charge in [-0.2, -0.15) is 0 Å². The zero-order valence-electron chi connectivity index (χ0n) is 16.5. The topological polar surface area (TPSA) is 58.6 Å². The van der Waals surface area contributed by atoms with E-state index in [1.54, 1.807) is 18.0 Å². The van der Waals surface area contributed by atoms with E-state index in [9.17, 15) is 9.59 Å². The number of amides is 2. The van der Waals surface area contributed by atoms with E-state index in [2.05, 4.69) is 5.32 Å². The number of hydrogen-bond acceptors (Lipinski definition) is 3. The van der Waals surface area contributed by atoms with Crippen LogP contribution in [-0.2, 0) is 14.9 Å². The van der Waals surface area contributed by atoms with Gasteiger partial charge in [0.15, 0.2) is 0 Å². The molecule has 2 heterocycles. The first-order chi connectivity index (χ1) is 14.0. The number of carbonyl (C=O) groups is 2. The largest absolute Gasteiger partial charge is 0.381 e. The molecule has 2 aliphatic rings. The maximum Gasteiger partial charge on any atom is 0.253 e. The maximum atomic E-state index is 13.2. The second-order valence-electron chi connectivity index (χ2n) is 7.94. The van der Waals surface area contributed by atoms with Crippen molar-refractivity contribution in [1.82, 2.24) is 10.2 Å². The van der Waals surface area contributed by atoms with Gasteiger partial charge in [-0.1, -0.05) is 41.9 Å². The van der Waals surface area contributed by atoms with Gasteiger partial charge in [-0.25, -0.2) is 0 Å². The normalized spacial score (nSPS) is 20.8. The number of carbonyl (C=O) groups excluding carboxylic acids is 2. The van der Waals surface area contributed by atoms with E-state index < -0.39 is 0 Å². The fourth-order valence-corrected chi connectivity index (χ4v) is 4.52.